The van der Waals surface area contributed by atoms with Gasteiger partial charge in [0, 0.05) is 53.8 Å². The first-order valence-electron chi connectivity index (χ1n) is 20.7. The maximum absolute atomic E-state index is 13.8. The van der Waals surface area contributed by atoms with Crippen molar-refractivity contribution in [3.05, 3.63) is 70.8 Å². The third-order valence-electron chi connectivity index (χ3n) is 12.5. The van der Waals surface area contributed by atoms with Crippen molar-refractivity contribution in [2.75, 3.05) is 65.3 Å². The summed E-state index contributed by atoms with van der Waals surface area (Å²) >= 11 is 0. The summed E-state index contributed by atoms with van der Waals surface area (Å²) in [4.78, 5) is 4.82. The fraction of sp³-hybridized carbons (Fsp3) is 0.512. The fourth-order valence-electron chi connectivity index (χ4n) is 9.56. The van der Waals surface area contributed by atoms with Crippen LogP contribution in [0.5, 0.6) is 0 Å². The molecule has 5 fully saturated rings. The molecule has 7 heterocycles. The molecule has 2 aromatic heterocycles. The van der Waals surface area contributed by atoms with E-state index in [2.05, 4.69) is 50.3 Å². The normalized spacial score (nSPS) is 24.4. The van der Waals surface area contributed by atoms with E-state index in [0.717, 1.165) is 107 Å². The van der Waals surface area contributed by atoms with Crippen LogP contribution in [0.1, 0.15) is 66.7 Å². The van der Waals surface area contributed by atoms with Gasteiger partial charge in [-0.1, -0.05) is 12.1 Å². The van der Waals surface area contributed by atoms with Crippen molar-refractivity contribution in [2.45, 2.75) is 81.8 Å². The molecule has 14 nitrogen and oxygen atoms in total. The SMILES string of the molecule is Cc1cc(-c2ccc(C(F)(F)F)cc2NS(C)(=O)=O)nnc1N[C@@H]1CCCN2CC(c3cc(-c4ccc(C(F)(F)F)cc4NS(C)(=O)=O)nnc3N[C@H]3CN4CCC3CC4)CC[C@H]12. The predicted molar refractivity (Wildman–Crippen MR) is 227 cm³/mol. The highest BCUT2D eigenvalue weighted by molar-refractivity contribution is 7.92. The summed E-state index contributed by atoms with van der Waals surface area (Å²) in [6.07, 6.45) is -2.40. The van der Waals surface area contributed by atoms with E-state index in [0.29, 0.717) is 29.7 Å². The van der Waals surface area contributed by atoms with Gasteiger partial charge in [0.05, 0.1) is 46.4 Å². The molecule has 1 unspecified atom stereocenters. The van der Waals surface area contributed by atoms with Crippen molar-refractivity contribution >= 4 is 43.1 Å². The number of benzene rings is 2. The number of anilines is 4. The molecular formula is C41H48F6N10O4S2. The van der Waals surface area contributed by atoms with Crippen LogP contribution in [0.15, 0.2) is 48.5 Å². The van der Waals surface area contributed by atoms with Gasteiger partial charge in [0.25, 0.3) is 0 Å². The minimum Gasteiger partial charge on any atom is -0.364 e. The number of aromatic nitrogens is 4. The predicted octanol–water partition coefficient (Wildman–Crippen LogP) is 7.02. The first kappa shape index (κ1) is 44.8. The van der Waals surface area contributed by atoms with Crippen LogP contribution >= 0.6 is 0 Å². The second-order valence-electron chi connectivity index (χ2n) is 17.2. The van der Waals surface area contributed by atoms with Crippen molar-refractivity contribution in [3.63, 3.8) is 0 Å². The summed E-state index contributed by atoms with van der Waals surface area (Å²) in [7, 11) is -7.90. The molecule has 5 saturated heterocycles. The van der Waals surface area contributed by atoms with Gasteiger partial charge >= 0.3 is 12.4 Å². The van der Waals surface area contributed by atoms with Gasteiger partial charge in [-0.15, -0.1) is 20.4 Å². The molecule has 22 heteroatoms. The van der Waals surface area contributed by atoms with E-state index in [1.807, 2.05) is 6.07 Å². The number of aryl methyl sites for hydroxylation is 1. The van der Waals surface area contributed by atoms with Crippen molar-refractivity contribution in [2.24, 2.45) is 5.92 Å². The highest BCUT2D eigenvalue weighted by Gasteiger charge is 2.40. The summed E-state index contributed by atoms with van der Waals surface area (Å²) in [5, 5.41) is 25.1. The minimum atomic E-state index is -4.71. The zero-order chi connectivity index (χ0) is 45.1. The van der Waals surface area contributed by atoms with Gasteiger partial charge < -0.3 is 15.5 Å². The van der Waals surface area contributed by atoms with Crippen molar-refractivity contribution in [3.8, 4) is 22.5 Å². The molecule has 5 aliphatic heterocycles. The lowest BCUT2D eigenvalue weighted by atomic mass is 9.81. The van der Waals surface area contributed by atoms with Gasteiger partial charge in [-0.25, -0.2) is 16.8 Å². The maximum Gasteiger partial charge on any atom is 0.416 e. The average molecular weight is 923 g/mol. The Morgan fingerprint density at radius 1 is 0.635 bits per heavy atom. The summed E-state index contributed by atoms with van der Waals surface area (Å²) in [5.74, 6) is 1.49. The van der Waals surface area contributed by atoms with Crippen LogP contribution in [0, 0.1) is 12.8 Å². The van der Waals surface area contributed by atoms with E-state index in [1.54, 1.807) is 13.0 Å². The Morgan fingerprint density at radius 3 is 1.71 bits per heavy atom. The highest BCUT2D eigenvalue weighted by atomic mass is 32.2. The van der Waals surface area contributed by atoms with Crippen molar-refractivity contribution in [1.29, 1.82) is 0 Å². The number of alkyl halides is 6. The van der Waals surface area contributed by atoms with Gasteiger partial charge in [-0.05, 0) is 113 Å². The molecular weight excluding hydrogens is 875 g/mol. The van der Waals surface area contributed by atoms with Crippen LogP contribution in [0.4, 0.5) is 49.4 Å². The van der Waals surface area contributed by atoms with Crippen LogP contribution in [-0.2, 0) is 32.4 Å². The number of hydrogen-bond donors (Lipinski definition) is 4. The molecule has 0 radical (unpaired) electrons. The molecule has 0 spiro atoms. The third kappa shape index (κ3) is 10.3. The molecule has 340 valence electrons. The summed E-state index contributed by atoms with van der Waals surface area (Å²) < 4.78 is 135. The number of sulfonamides is 2. The Bertz CT molecular complexity index is 2590. The first-order valence-corrected chi connectivity index (χ1v) is 24.5. The van der Waals surface area contributed by atoms with Crippen LogP contribution < -0.4 is 20.1 Å². The summed E-state index contributed by atoms with van der Waals surface area (Å²) in [6, 6.07) is 9.30. The number of nitrogens with one attached hydrogen (secondary N) is 4. The van der Waals surface area contributed by atoms with Crippen molar-refractivity contribution < 1.29 is 43.2 Å². The maximum atomic E-state index is 13.8. The van der Waals surface area contributed by atoms with Crippen LogP contribution in [0.2, 0.25) is 0 Å². The van der Waals surface area contributed by atoms with E-state index in [9.17, 15) is 43.2 Å². The standard InChI is InChI=1S/C41H48F6N10O4S2/c1-23-17-32(28-9-7-26(40(42,43)44)18-34(28)54-62(2,58)59)50-52-38(23)48-31-5-4-14-57-21-25(6-11-37(31)57)30-20-33(51-53-39(30)49-36-22-56-15-12-24(36)13-16-56)29-10-8-27(41(45,46)47)19-35(29)55-63(3,60)61/h7-10,17-20,24-25,31,36-37,54-55H,4-6,11-16,21-22H2,1-3H3,(H,48,52)(H,49,53)/t25?,31-,36+,37-/m1/s1. The Labute approximate surface area is 361 Å². The zero-order valence-corrected chi connectivity index (χ0v) is 36.3. The molecule has 5 aliphatic rings. The quantitative estimate of drug-likeness (QED) is 0.114. The van der Waals surface area contributed by atoms with Gasteiger partial charge in [-0.3, -0.25) is 14.3 Å². The minimum absolute atomic E-state index is 0.0422. The van der Waals surface area contributed by atoms with Gasteiger partial charge in [0.2, 0.25) is 20.0 Å². The van der Waals surface area contributed by atoms with Gasteiger partial charge in [0.15, 0.2) is 11.6 Å². The van der Waals surface area contributed by atoms with Gasteiger partial charge in [-0.2, -0.15) is 26.3 Å². The summed E-state index contributed by atoms with van der Waals surface area (Å²) in [5.41, 5.74) is -0.333. The Hall–Kier alpha value is -4.80. The van der Waals surface area contributed by atoms with E-state index in [-0.39, 0.29) is 57.9 Å². The Morgan fingerprint density at radius 2 is 1.19 bits per heavy atom. The monoisotopic (exact) mass is 922 g/mol. The van der Waals surface area contributed by atoms with E-state index in [4.69, 9.17) is 0 Å². The number of rotatable bonds is 11. The molecule has 9 rings (SSSR count). The lowest BCUT2D eigenvalue weighted by Gasteiger charge is -2.47. The Kier molecular flexibility index (Phi) is 12.1. The number of nitrogens with zero attached hydrogens (tertiary/aromatic N) is 6. The molecule has 2 bridgehead atoms. The molecule has 4 N–H and O–H groups in total. The van der Waals surface area contributed by atoms with Gasteiger partial charge in [0.1, 0.15) is 0 Å². The largest absolute Gasteiger partial charge is 0.416 e. The average Bonchev–Trinajstić information content (AvgIpc) is 3.20. The molecule has 4 aromatic rings. The third-order valence-corrected chi connectivity index (χ3v) is 13.7. The Balaban J connectivity index is 1.05. The molecule has 0 amide bonds. The van der Waals surface area contributed by atoms with Crippen LogP contribution in [0.3, 0.4) is 0 Å². The number of hydrogen-bond acceptors (Lipinski definition) is 12. The lowest BCUT2D eigenvalue weighted by molar-refractivity contribution is -0.138. The zero-order valence-electron chi connectivity index (χ0n) is 34.7. The summed E-state index contributed by atoms with van der Waals surface area (Å²) in [6.45, 7) is 6.16. The second-order valence-corrected chi connectivity index (χ2v) is 20.7. The smallest absolute Gasteiger partial charge is 0.364 e. The lowest BCUT2D eigenvalue weighted by Crippen LogP contribution is -2.55. The second kappa shape index (κ2) is 17.0. The molecule has 2 aromatic carbocycles. The first-order chi connectivity index (χ1) is 29.6. The van der Waals surface area contributed by atoms with E-state index in [1.165, 1.54) is 12.1 Å². The van der Waals surface area contributed by atoms with E-state index >= 15 is 0 Å². The number of halogens is 6. The van der Waals surface area contributed by atoms with Crippen LogP contribution in [-0.4, -0.2) is 110 Å². The fourth-order valence-corrected chi connectivity index (χ4v) is 10.7. The number of fused-ring (bicyclic) bond motifs is 4. The molecule has 0 saturated carbocycles. The molecule has 63 heavy (non-hydrogen) atoms. The topological polar surface area (TPSA) is 174 Å². The molecule has 4 atom stereocenters. The molecule has 0 aliphatic carbocycles. The van der Waals surface area contributed by atoms with Crippen LogP contribution in [0.25, 0.3) is 22.5 Å². The highest BCUT2D eigenvalue weighted by Crippen LogP contribution is 2.42. The van der Waals surface area contributed by atoms with E-state index < -0.39 is 43.5 Å². The van der Waals surface area contributed by atoms with Crippen molar-refractivity contribution in [1.82, 2.24) is 30.2 Å². The number of piperidine rings is 5.